The van der Waals surface area contributed by atoms with Crippen molar-refractivity contribution in [2.24, 2.45) is 0 Å². The van der Waals surface area contributed by atoms with E-state index in [0.717, 1.165) is 5.56 Å². The topological polar surface area (TPSA) is 42.4 Å². The maximum Gasteiger partial charge on any atom is 0.165 e. The van der Waals surface area contributed by atoms with Crippen molar-refractivity contribution in [3.8, 4) is 5.75 Å². The Morgan fingerprint density at radius 3 is 2.83 bits per heavy atom. The van der Waals surface area contributed by atoms with Gasteiger partial charge >= 0.3 is 0 Å². The van der Waals surface area contributed by atoms with Gasteiger partial charge in [0.25, 0.3) is 0 Å². The van der Waals surface area contributed by atoms with Crippen LogP contribution in [0, 0.1) is 5.82 Å². The first-order valence-electron chi connectivity index (χ1n) is 5.71. The minimum atomic E-state index is -0.451. The van der Waals surface area contributed by atoms with Crippen molar-refractivity contribution in [1.82, 2.24) is 4.98 Å². The van der Waals surface area contributed by atoms with Gasteiger partial charge in [0.05, 0.1) is 13.2 Å². The summed E-state index contributed by atoms with van der Waals surface area (Å²) in [5.41, 5.74) is 1.49. The molecule has 1 N–H and O–H groups in total. The number of nitrogens with zero attached hydrogens (tertiary/aromatic N) is 1. The lowest BCUT2D eigenvalue weighted by atomic mass is 10.2. The van der Waals surface area contributed by atoms with Gasteiger partial charge in [0.2, 0.25) is 0 Å². The van der Waals surface area contributed by atoms with Crippen LogP contribution in [-0.2, 0) is 13.0 Å². The number of aliphatic hydroxyl groups excluding tert-OH is 1. The van der Waals surface area contributed by atoms with Gasteiger partial charge in [0.1, 0.15) is 0 Å². The highest BCUT2D eigenvalue weighted by molar-refractivity contribution is 5.34. The first kappa shape index (κ1) is 12.5. The molecule has 0 radical (unpaired) electrons. The summed E-state index contributed by atoms with van der Waals surface area (Å²) in [5.74, 6) is -0.323. The molecule has 0 aliphatic heterocycles. The highest BCUT2D eigenvalue weighted by Crippen LogP contribution is 2.22. The van der Waals surface area contributed by atoms with Crippen LogP contribution in [0.15, 0.2) is 42.7 Å². The van der Waals surface area contributed by atoms with Crippen LogP contribution in [0.4, 0.5) is 4.39 Å². The summed E-state index contributed by atoms with van der Waals surface area (Å²) in [6.07, 6.45) is 4.09. The van der Waals surface area contributed by atoms with E-state index >= 15 is 0 Å². The number of rotatable bonds is 5. The molecule has 3 nitrogen and oxygen atoms in total. The van der Waals surface area contributed by atoms with Gasteiger partial charge < -0.3 is 9.84 Å². The van der Waals surface area contributed by atoms with Crippen LogP contribution >= 0.6 is 0 Å². The number of para-hydroxylation sites is 1. The average Bonchev–Trinajstić information content (AvgIpc) is 2.41. The van der Waals surface area contributed by atoms with Crippen molar-refractivity contribution in [3.05, 3.63) is 59.7 Å². The summed E-state index contributed by atoms with van der Waals surface area (Å²) in [6.45, 7) is 0.111. The molecule has 4 heteroatoms. The number of hydrogen-bond acceptors (Lipinski definition) is 3. The Morgan fingerprint density at radius 1 is 1.22 bits per heavy atom. The summed E-state index contributed by atoms with van der Waals surface area (Å²) in [7, 11) is 0. The fourth-order valence-electron chi connectivity index (χ4n) is 1.66. The van der Waals surface area contributed by atoms with E-state index in [2.05, 4.69) is 4.98 Å². The van der Waals surface area contributed by atoms with E-state index < -0.39 is 5.82 Å². The zero-order valence-electron chi connectivity index (χ0n) is 9.84. The van der Waals surface area contributed by atoms with E-state index in [0.29, 0.717) is 18.6 Å². The number of aliphatic hydroxyl groups is 1. The minimum Gasteiger partial charge on any atom is -0.490 e. The fourth-order valence-corrected chi connectivity index (χ4v) is 1.66. The molecule has 0 bridgehead atoms. The molecular weight excluding hydrogens is 233 g/mol. The van der Waals surface area contributed by atoms with Crippen molar-refractivity contribution in [3.63, 3.8) is 0 Å². The van der Waals surface area contributed by atoms with Gasteiger partial charge in [-0.3, -0.25) is 4.98 Å². The summed E-state index contributed by atoms with van der Waals surface area (Å²) in [5, 5.41) is 9.10. The second-order valence-electron chi connectivity index (χ2n) is 3.85. The summed E-state index contributed by atoms with van der Waals surface area (Å²) < 4.78 is 18.9. The number of pyridine rings is 1. The smallest absolute Gasteiger partial charge is 0.165 e. The van der Waals surface area contributed by atoms with Crippen molar-refractivity contribution >= 4 is 0 Å². The normalized spacial score (nSPS) is 10.3. The third-order valence-corrected chi connectivity index (χ3v) is 2.58. The predicted octanol–water partition coefficient (Wildman–Crippen LogP) is 2.33. The number of halogens is 1. The standard InChI is InChI=1S/C14H14FNO2/c15-13-5-1-4-12(10-17)14(13)18-8-6-11-3-2-7-16-9-11/h1-5,7,9,17H,6,8,10H2. The quantitative estimate of drug-likeness (QED) is 0.881. The third kappa shape index (κ3) is 3.05. The maximum absolute atomic E-state index is 13.5. The molecule has 1 aromatic carbocycles. The molecule has 0 fully saturated rings. The molecule has 0 saturated carbocycles. The molecule has 2 aromatic rings. The first-order valence-corrected chi connectivity index (χ1v) is 5.71. The summed E-state index contributed by atoms with van der Waals surface area (Å²) >= 11 is 0. The molecule has 0 aliphatic rings. The molecule has 0 spiro atoms. The van der Waals surface area contributed by atoms with Crippen LogP contribution in [0.1, 0.15) is 11.1 Å². The number of aromatic nitrogens is 1. The van der Waals surface area contributed by atoms with E-state index in [1.54, 1.807) is 24.5 Å². The lowest BCUT2D eigenvalue weighted by Gasteiger charge is -2.10. The zero-order valence-corrected chi connectivity index (χ0v) is 9.84. The third-order valence-electron chi connectivity index (χ3n) is 2.58. The molecule has 0 unspecified atom stereocenters. The Labute approximate surface area is 105 Å². The van der Waals surface area contributed by atoms with Crippen LogP contribution in [0.5, 0.6) is 5.75 Å². The summed E-state index contributed by atoms with van der Waals surface area (Å²) in [4.78, 5) is 3.99. The summed E-state index contributed by atoms with van der Waals surface area (Å²) in [6, 6.07) is 8.29. The van der Waals surface area contributed by atoms with Crippen LogP contribution in [-0.4, -0.2) is 16.7 Å². The number of hydrogen-bond donors (Lipinski definition) is 1. The Bertz CT molecular complexity index is 502. The van der Waals surface area contributed by atoms with Crippen molar-refractivity contribution in [1.29, 1.82) is 0 Å². The monoisotopic (exact) mass is 247 g/mol. The van der Waals surface area contributed by atoms with E-state index in [-0.39, 0.29) is 12.4 Å². The largest absolute Gasteiger partial charge is 0.490 e. The fraction of sp³-hybridized carbons (Fsp3) is 0.214. The molecule has 0 aliphatic carbocycles. The van der Waals surface area contributed by atoms with Gasteiger partial charge in [-0.1, -0.05) is 18.2 Å². The van der Waals surface area contributed by atoms with Crippen LogP contribution in [0.25, 0.3) is 0 Å². The van der Waals surface area contributed by atoms with E-state index in [9.17, 15) is 4.39 Å². The Morgan fingerprint density at radius 2 is 2.11 bits per heavy atom. The Kier molecular flexibility index (Phi) is 4.25. The molecule has 2 rings (SSSR count). The Hall–Kier alpha value is -1.94. The predicted molar refractivity (Wildman–Crippen MR) is 65.8 cm³/mol. The molecule has 0 saturated heterocycles. The van der Waals surface area contributed by atoms with Crippen molar-refractivity contribution < 1.29 is 14.2 Å². The molecule has 1 heterocycles. The molecular formula is C14H14FNO2. The van der Waals surface area contributed by atoms with Crippen molar-refractivity contribution in [2.45, 2.75) is 13.0 Å². The lowest BCUT2D eigenvalue weighted by Crippen LogP contribution is -2.05. The average molecular weight is 247 g/mol. The second-order valence-corrected chi connectivity index (χ2v) is 3.85. The molecule has 0 atom stereocenters. The first-order chi connectivity index (χ1) is 8.81. The van der Waals surface area contributed by atoms with Gasteiger partial charge in [0.15, 0.2) is 11.6 Å². The van der Waals surface area contributed by atoms with Crippen LogP contribution in [0.2, 0.25) is 0 Å². The van der Waals surface area contributed by atoms with Crippen molar-refractivity contribution in [2.75, 3.05) is 6.61 Å². The van der Waals surface area contributed by atoms with Gasteiger partial charge in [-0.05, 0) is 17.7 Å². The highest BCUT2D eigenvalue weighted by Gasteiger charge is 2.08. The number of ether oxygens (including phenoxy) is 1. The van der Waals surface area contributed by atoms with E-state index in [4.69, 9.17) is 9.84 Å². The molecule has 0 amide bonds. The molecule has 94 valence electrons. The number of benzene rings is 1. The van der Waals surface area contributed by atoms with Gasteiger partial charge in [-0.2, -0.15) is 0 Å². The van der Waals surface area contributed by atoms with E-state index in [1.807, 2.05) is 12.1 Å². The molecule has 18 heavy (non-hydrogen) atoms. The van der Waals surface area contributed by atoms with E-state index in [1.165, 1.54) is 6.07 Å². The van der Waals surface area contributed by atoms with Crippen LogP contribution < -0.4 is 4.74 Å². The maximum atomic E-state index is 13.5. The lowest BCUT2D eigenvalue weighted by molar-refractivity contribution is 0.257. The van der Waals surface area contributed by atoms with Gasteiger partial charge in [-0.25, -0.2) is 4.39 Å². The SMILES string of the molecule is OCc1cccc(F)c1OCCc1cccnc1. The zero-order chi connectivity index (χ0) is 12.8. The van der Waals surface area contributed by atoms with Gasteiger partial charge in [-0.15, -0.1) is 0 Å². The Balaban J connectivity index is 1.98. The second kappa shape index (κ2) is 6.12. The highest BCUT2D eigenvalue weighted by atomic mass is 19.1. The molecule has 1 aromatic heterocycles. The van der Waals surface area contributed by atoms with Gasteiger partial charge in [0, 0.05) is 24.4 Å². The minimum absolute atomic E-state index is 0.129. The van der Waals surface area contributed by atoms with Crippen LogP contribution in [0.3, 0.4) is 0 Å².